The molecule has 1 atom stereocenters. The number of benzene rings is 2. The van der Waals surface area contributed by atoms with Crippen LogP contribution in [0.5, 0.6) is 11.5 Å². The Morgan fingerprint density at radius 1 is 1.05 bits per heavy atom. The molecule has 1 N–H and O–H groups in total. The molecular weight excluding hydrogens is 276 g/mol. The first-order valence-corrected chi connectivity index (χ1v) is 6.55. The molecule has 0 saturated heterocycles. The van der Waals surface area contributed by atoms with Crippen LogP contribution in [0, 0.1) is 0 Å². The highest BCUT2D eigenvalue weighted by atomic mass is 35.5. The summed E-state index contributed by atoms with van der Waals surface area (Å²) in [5.74, 6) is 0.329. The lowest BCUT2D eigenvalue weighted by atomic mass is 9.92. The lowest BCUT2D eigenvalue weighted by Crippen LogP contribution is -2.15. The Hall–Kier alpha value is -2.00. The van der Waals surface area contributed by atoms with E-state index in [0.717, 1.165) is 11.1 Å². The summed E-state index contributed by atoms with van der Waals surface area (Å²) >= 11 is 6.61. The maximum atomic E-state index is 10.9. The normalized spacial score (nSPS) is 13.6. The molecule has 1 unspecified atom stereocenters. The predicted octanol–water partition coefficient (Wildman–Crippen LogP) is 3.82. The van der Waals surface area contributed by atoms with E-state index in [1.165, 1.54) is 6.92 Å². The molecule has 2 aromatic carbocycles. The van der Waals surface area contributed by atoms with Gasteiger partial charge in [-0.25, -0.2) is 0 Å². The number of aromatic hydroxyl groups is 1. The monoisotopic (exact) mass is 290 g/mol. The number of halogens is 1. The molecule has 0 bridgehead atoms. The number of phenols is 1. The van der Waals surface area contributed by atoms with Crippen molar-refractivity contribution < 1.29 is 14.6 Å². The molecule has 0 radical (unpaired) electrons. The number of phenolic OH excluding ortho intramolecular Hbond substituents is 1. The van der Waals surface area contributed by atoms with Gasteiger partial charge in [0.05, 0.1) is 4.87 Å². The van der Waals surface area contributed by atoms with Gasteiger partial charge < -0.3 is 9.84 Å². The summed E-state index contributed by atoms with van der Waals surface area (Å²) in [5.41, 5.74) is 1.75. The van der Waals surface area contributed by atoms with E-state index in [1.807, 2.05) is 19.1 Å². The summed E-state index contributed by atoms with van der Waals surface area (Å²) in [7, 11) is 0. The SMILES string of the molecule is CC(=O)Oc1ccc(C(C)(Cl)c2ccc(O)cc2)cc1. The van der Waals surface area contributed by atoms with E-state index in [2.05, 4.69) is 0 Å². The molecule has 104 valence electrons. The van der Waals surface area contributed by atoms with Gasteiger partial charge in [-0.15, -0.1) is 11.6 Å². The summed E-state index contributed by atoms with van der Waals surface area (Å²) in [6.45, 7) is 3.23. The van der Waals surface area contributed by atoms with Gasteiger partial charge in [-0.1, -0.05) is 24.3 Å². The average Bonchev–Trinajstić information content (AvgIpc) is 2.39. The Kier molecular flexibility index (Phi) is 4.00. The summed E-state index contributed by atoms with van der Waals surface area (Å²) in [6.07, 6.45) is 0. The van der Waals surface area contributed by atoms with E-state index in [-0.39, 0.29) is 11.7 Å². The molecule has 0 aliphatic rings. The van der Waals surface area contributed by atoms with Crippen LogP contribution < -0.4 is 4.74 Å². The maximum absolute atomic E-state index is 10.9. The Morgan fingerprint density at radius 2 is 1.50 bits per heavy atom. The molecular formula is C16H15ClO3. The summed E-state index contributed by atoms with van der Waals surface area (Å²) in [4.78, 5) is 10.2. The number of esters is 1. The van der Waals surface area contributed by atoms with E-state index in [4.69, 9.17) is 16.3 Å². The molecule has 0 aromatic heterocycles. The van der Waals surface area contributed by atoms with Crippen LogP contribution in [0.3, 0.4) is 0 Å². The van der Waals surface area contributed by atoms with Crippen molar-refractivity contribution in [2.45, 2.75) is 18.7 Å². The van der Waals surface area contributed by atoms with Gasteiger partial charge in [0.15, 0.2) is 0 Å². The molecule has 2 aromatic rings. The van der Waals surface area contributed by atoms with Crippen molar-refractivity contribution in [1.29, 1.82) is 0 Å². The van der Waals surface area contributed by atoms with Crippen LogP contribution in [0.4, 0.5) is 0 Å². The van der Waals surface area contributed by atoms with Gasteiger partial charge in [-0.05, 0) is 42.3 Å². The highest BCUT2D eigenvalue weighted by molar-refractivity contribution is 6.25. The molecule has 4 heteroatoms. The first kappa shape index (κ1) is 14.4. The Labute approximate surface area is 122 Å². The fourth-order valence-corrected chi connectivity index (χ4v) is 2.20. The molecule has 20 heavy (non-hydrogen) atoms. The van der Waals surface area contributed by atoms with E-state index in [1.54, 1.807) is 36.4 Å². The predicted molar refractivity (Wildman–Crippen MR) is 78.2 cm³/mol. The quantitative estimate of drug-likeness (QED) is 0.531. The number of rotatable bonds is 3. The van der Waals surface area contributed by atoms with Gasteiger partial charge in [0.1, 0.15) is 11.5 Å². The lowest BCUT2D eigenvalue weighted by molar-refractivity contribution is -0.131. The fraction of sp³-hybridized carbons (Fsp3) is 0.188. The van der Waals surface area contributed by atoms with Crippen molar-refractivity contribution in [1.82, 2.24) is 0 Å². The maximum Gasteiger partial charge on any atom is 0.308 e. The average molecular weight is 291 g/mol. The van der Waals surface area contributed by atoms with Crippen LogP contribution in [0.25, 0.3) is 0 Å². The minimum Gasteiger partial charge on any atom is -0.508 e. The van der Waals surface area contributed by atoms with Crippen LogP contribution >= 0.6 is 11.6 Å². The van der Waals surface area contributed by atoms with Crippen molar-refractivity contribution in [3.8, 4) is 11.5 Å². The van der Waals surface area contributed by atoms with Gasteiger partial charge in [0, 0.05) is 6.92 Å². The number of ether oxygens (including phenoxy) is 1. The topological polar surface area (TPSA) is 46.5 Å². The molecule has 0 fully saturated rings. The van der Waals surface area contributed by atoms with Crippen LogP contribution in [0.1, 0.15) is 25.0 Å². The largest absolute Gasteiger partial charge is 0.508 e. The third kappa shape index (κ3) is 3.11. The minimum atomic E-state index is -0.720. The van der Waals surface area contributed by atoms with E-state index < -0.39 is 4.87 Å². The summed E-state index contributed by atoms with van der Waals surface area (Å²) < 4.78 is 4.99. The van der Waals surface area contributed by atoms with Crippen LogP contribution in [0.15, 0.2) is 48.5 Å². The van der Waals surface area contributed by atoms with Crippen molar-refractivity contribution >= 4 is 17.6 Å². The van der Waals surface area contributed by atoms with Gasteiger partial charge >= 0.3 is 5.97 Å². The Morgan fingerprint density at radius 3 is 1.95 bits per heavy atom. The van der Waals surface area contributed by atoms with Gasteiger partial charge in [0.25, 0.3) is 0 Å². The van der Waals surface area contributed by atoms with Crippen LogP contribution in [-0.4, -0.2) is 11.1 Å². The number of carbonyl (C=O) groups excluding carboxylic acids is 1. The zero-order valence-corrected chi connectivity index (χ0v) is 12.0. The number of hydrogen-bond acceptors (Lipinski definition) is 3. The smallest absolute Gasteiger partial charge is 0.308 e. The molecule has 2 rings (SSSR count). The number of carbonyl (C=O) groups is 1. The van der Waals surface area contributed by atoms with Crippen molar-refractivity contribution in [2.24, 2.45) is 0 Å². The second kappa shape index (κ2) is 5.55. The third-order valence-corrected chi connectivity index (χ3v) is 3.50. The molecule has 0 heterocycles. The van der Waals surface area contributed by atoms with Gasteiger partial charge in [-0.2, -0.15) is 0 Å². The van der Waals surface area contributed by atoms with Gasteiger partial charge in [-0.3, -0.25) is 4.79 Å². The van der Waals surface area contributed by atoms with Gasteiger partial charge in [0.2, 0.25) is 0 Å². The number of alkyl halides is 1. The summed E-state index contributed by atoms with van der Waals surface area (Å²) in [6, 6.07) is 13.8. The molecule has 0 aliphatic heterocycles. The summed E-state index contributed by atoms with van der Waals surface area (Å²) in [5, 5.41) is 9.32. The highest BCUT2D eigenvalue weighted by Gasteiger charge is 2.25. The first-order chi connectivity index (χ1) is 9.39. The molecule has 0 spiro atoms. The molecule has 3 nitrogen and oxygen atoms in total. The Balaban J connectivity index is 2.29. The standard InChI is InChI=1S/C16H15ClO3/c1-11(18)20-15-9-5-13(6-10-15)16(2,17)12-3-7-14(19)8-4-12/h3-10,19H,1-2H3. The molecule has 0 amide bonds. The van der Waals surface area contributed by atoms with Crippen LogP contribution in [-0.2, 0) is 9.67 Å². The molecule has 0 aliphatic carbocycles. The fourth-order valence-electron chi connectivity index (χ4n) is 1.94. The Bertz CT molecular complexity index is 601. The zero-order valence-electron chi connectivity index (χ0n) is 11.3. The second-order valence-corrected chi connectivity index (χ2v) is 5.42. The van der Waals surface area contributed by atoms with Crippen molar-refractivity contribution in [2.75, 3.05) is 0 Å². The van der Waals surface area contributed by atoms with Crippen LogP contribution in [0.2, 0.25) is 0 Å². The first-order valence-electron chi connectivity index (χ1n) is 6.17. The van der Waals surface area contributed by atoms with E-state index in [0.29, 0.717) is 5.75 Å². The lowest BCUT2D eigenvalue weighted by Gasteiger charge is -2.23. The minimum absolute atomic E-state index is 0.200. The van der Waals surface area contributed by atoms with Crippen molar-refractivity contribution in [3.05, 3.63) is 59.7 Å². The molecule has 0 saturated carbocycles. The highest BCUT2D eigenvalue weighted by Crippen LogP contribution is 2.37. The van der Waals surface area contributed by atoms with E-state index >= 15 is 0 Å². The third-order valence-electron chi connectivity index (χ3n) is 3.07. The van der Waals surface area contributed by atoms with Crippen molar-refractivity contribution in [3.63, 3.8) is 0 Å². The second-order valence-electron chi connectivity index (χ2n) is 4.67. The zero-order chi connectivity index (χ0) is 14.8. The number of hydrogen-bond donors (Lipinski definition) is 1. The van der Waals surface area contributed by atoms with E-state index in [9.17, 15) is 9.90 Å².